The van der Waals surface area contributed by atoms with Crippen molar-refractivity contribution in [3.05, 3.63) is 52.3 Å². The quantitative estimate of drug-likeness (QED) is 0.926. The molecule has 1 aliphatic heterocycles. The van der Waals surface area contributed by atoms with Crippen LogP contribution in [0, 0.1) is 11.3 Å². The van der Waals surface area contributed by atoms with Gasteiger partial charge in [0, 0.05) is 36.7 Å². The van der Waals surface area contributed by atoms with E-state index in [9.17, 15) is 4.79 Å². The summed E-state index contributed by atoms with van der Waals surface area (Å²) >= 11 is 0. The predicted molar refractivity (Wildman–Crippen MR) is 85.0 cm³/mol. The van der Waals surface area contributed by atoms with Crippen LogP contribution in [0.1, 0.15) is 51.6 Å². The molecule has 2 aromatic rings. The molecule has 1 fully saturated rings. The number of aromatic nitrogens is 2. The number of amides is 1. The van der Waals surface area contributed by atoms with Crippen LogP contribution in [0.15, 0.2) is 24.3 Å². The minimum Gasteiger partial charge on any atom is -0.338 e. The number of nitrogens with zero attached hydrogens (tertiary/aromatic N) is 3. The lowest BCUT2D eigenvalue weighted by Gasteiger charge is -2.20. The molecule has 5 nitrogen and oxygen atoms in total. The fraction of sp³-hybridized carbons (Fsp3) is 0.389. The Morgan fingerprint density at radius 1 is 1.22 bits per heavy atom. The van der Waals surface area contributed by atoms with Crippen molar-refractivity contribution in [3.8, 4) is 6.07 Å². The van der Waals surface area contributed by atoms with Crippen LogP contribution >= 0.6 is 0 Å². The van der Waals surface area contributed by atoms with E-state index >= 15 is 0 Å². The van der Waals surface area contributed by atoms with Crippen molar-refractivity contribution in [2.24, 2.45) is 0 Å². The molecule has 4 rings (SSSR count). The fourth-order valence-corrected chi connectivity index (χ4v) is 3.28. The first-order chi connectivity index (χ1) is 11.3. The molecule has 1 amide bonds. The zero-order chi connectivity index (χ0) is 15.8. The fourth-order valence-electron chi connectivity index (χ4n) is 3.28. The summed E-state index contributed by atoms with van der Waals surface area (Å²) in [5.74, 6) is 0.677. The molecular formula is C18H18N4O. The van der Waals surface area contributed by atoms with Gasteiger partial charge in [0.25, 0.3) is 5.91 Å². The highest BCUT2D eigenvalue weighted by Crippen LogP contribution is 2.41. The summed E-state index contributed by atoms with van der Waals surface area (Å²) in [6.07, 6.45) is 4.19. The maximum atomic E-state index is 12.7. The Labute approximate surface area is 134 Å². The second kappa shape index (κ2) is 5.54. The summed E-state index contributed by atoms with van der Waals surface area (Å²) in [7, 11) is 0. The van der Waals surface area contributed by atoms with Gasteiger partial charge in [-0.1, -0.05) is 0 Å². The summed E-state index contributed by atoms with van der Waals surface area (Å²) in [5, 5.41) is 16.5. The average Bonchev–Trinajstić information content (AvgIpc) is 3.39. The van der Waals surface area contributed by atoms with Gasteiger partial charge in [-0.2, -0.15) is 10.4 Å². The summed E-state index contributed by atoms with van der Waals surface area (Å²) in [6, 6.07) is 8.95. The number of benzene rings is 1. The predicted octanol–water partition coefficient (Wildman–Crippen LogP) is 2.40. The molecule has 2 aliphatic rings. The molecule has 1 saturated carbocycles. The molecule has 0 saturated heterocycles. The molecule has 23 heavy (non-hydrogen) atoms. The molecular weight excluding hydrogens is 288 g/mol. The molecule has 1 aromatic heterocycles. The molecule has 1 aromatic carbocycles. The van der Waals surface area contributed by atoms with Crippen LogP contribution in [-0.2, 0) is 12.8 Å². The Balaban J connectivity index is 1.50. The molecule has 0 unspecified atom stereocenters. The van der Waals surface area contributed by atoms with E-state index in [0.29, 0.717) is 23.6 Å². The Kier molecular flexibility index (Phi) is 3.38. The summed E-state index contributed by atoms with van der Waals surface area (Å²) in [4.78, 5) is 14.6. The second-order valence-corrected chi connectivity index (χ2v) is 6.32. The Bertz CT molecular complexity index is 780. The number of aromatic amines is 1. The van der Waals surface area contributed by atoms with Gasteiger partial charge in [-0.15, -0.1) is 0 Å². The van der Waals surface area contributed by atoms with Crippen LogP contribution in [0.4, 0.5) is 0 Å². The summed E-state index contributed by atoms with van der Waals surface area (Å²) < 4.78 is 0. The van der Waals surface area contributed by atoms with Crippen molar-refractivity contribution in [1.82, 2.24) is 15.1 Å². The molecule has 0 radical (unpaired) electrons. The highest BCUT2D eigenvalue weighted by Gasteiger charge is 2.31. The third-order valence-corrected chi connectivity index (χ3v) is 4.76. The van der Waals surface area contributed by atoms with Crippen molar-refractivity contribution in [3.63, 3.8) is 0 Å². The Morgan fingerprint density at radius 2 is 1.96 bits per heavy atom. The average molecular weight is 306 g/mol. The van der Waals surface area contributed by atoms with Gasteiger partial charge < -0.3 is 4.90 Å². The third-order valence-electron chi connectivity index (χ3n) is 4.76. The zero-order valence-electron chi connectivity index (χ0n) is 12.9. The standard InChI is InChI=1S/C18H18N4O/c19-11-12-1-3-14(4-2-12)18(23)22-9-7-15-16(8-10-22)20-21-17(15)13-5-6-13/h1-4,13H,5-10H2,(H,20,21). The monoisotopic (exact) mass is 306 g/mol. The van der Waals surface area contributed by atoms with E-state index in [1.807, 2.05) is 4.90 Å². The minimum atomic E-state index is 0.0422. The molecule has 0 atom stereocenters. The minimum absolute atomic E-state index is 0.0422. The van der Waals surface area contributed by atoms with E-state index in [2.05, 4.69) is 16.3 Å². The van der Waals surface area contributed by atoms with Crippen molar-refractivity contribution >= 4 is 5.91 Å². The van der Waals surface area contributed by atoms with Crippen LogP contribution < -0.4 is 0 Å². The van der Waals surface area contributed by atoms with Gasteiger partial charge in [0.05, 0.1) is 17.3 Å². The van der Waals surface area contributed by atoms with E-state index < -0.39 is 0 Å². The number of H-pyrrole nitrogens is 1. The lowest BCUT2D eigenvalue weighted by atomic mass is 10.1. The van der Waals surface area contributed by atoms with Gasteiger partial charge in [0.1, 0.15) is 0 Å². The first kappa shape index (κ1) is 14.0. The highest BCUT2D eigenvalue weighted by atomic mass is 16.2. The third kappa shape index (κ3) is 2.61. The first-order valence-corrected chi connectivity index (χ1v) is 8.11. The van der Waals surface area contributed by atoms with Crippen LogP contribution in [0.5, 0.6) is 0 Å². The van der Waals surface area contributed by atoms with Gasteiger partial charge in [-0.3, -0.25) is 9.89 Å². The molecule has 0 bridgehead atoms. The summed E-state index contributed by atoms with van der Waals surface area (Å²) in [6.45, 7) is 1.43. The van der Waals surface area contributed by atoms with Crippen molar-refractivity contribution in [1.29, 1.82) is 5.26 Å². The maximum absolute atomic E-state index is 12.7. The van der Waals surface area contributed by atoms with E-state index in [-0.39, 0.29) is 5.91 Å². The molecule has 0 spiro atoms. The smallest absolute Gasteiger partial charge is 0.253 e. The number of carbonyl (C=O) groups excluding carboxylic acids is 1. The first-order valence-electron chi connectivity index (χ1n) is 8.11. The highest BCUT2D eigenvalue weighted by molar-refractivity contribution is 5.94. The molecule has 1 aliphatic carbocycles. The number of rotatable bonds is 2. The number of carbonyl (C=O) groups is 1. The van der Waals surface area contributed by atoms with Crippen molar-refractivity contribution in [2.45, 2.75) is 31.6 Å². The van der Waals surface area contributed by atoms with Crippen LogP contribution in [0.25, 0.3) is 0 Å². The zero-order valence-corrected chi connectivity index (χ0v) is 12.9. The number of hydrogen-bond acceptors (Lipinski definition) is 3. The normalized spacial score (nSPS) is 17.3. The number of nitrogens with one attached hydrogen (secondary N) is 1. The number of nitriles is 1. The summed E-state index contributed by atoms with van der Waals surface area (Å²) in [5.41, 5.74) is 4.99. The molecule has 2 heterocycles. The van der Waals surface area contributed by atoms with Crippen molar-refractivity contribution in [2.75, 3.05) is 13.1 Å². The van der Waals surface area contributed by atoms with Gasteiger partial charge in [0.2, 0.25) is 0 Å². The van der Waals surface area contributed by atoms with Crippen LogP contribution in [0.2, 0.25) is 0 Å². The van der Waals surface area contributed by atoms with E-state index in [4.69, 9.17) is 5.26 Å². The second-order valence-electron chi connectivity index (χ2n) is 6.32. The topological polar surface area (TPSA) is 72.8 Å². The van der Waals surface area contributed by atoms with Crippen LogP contribution in [0.3, 0.4) is 0 Å². The van der Waals surface area contributed by atoms with Gasteiger partial charge in [0.15, 0.2) is 0 Å². The molecule has 5 heteroatoms. The lowest BCUT2D eigenvalue weighted by molar-refractivity contribution is 0.0762. The Morgan fingerprint density at radius 3 is 2.65 bits per heavy atom. The van der Waals surface area contributed by atoms with Crippen molar-refractivity contribution < 1.29 is 4.79 Å². The van der Waals surface area contributed by atoms with E-state index in [1.165, 1.54) is 29.8 Å². The van der Waals surface area contributed by atoms with Gasteiger partial charge in [-0.05, 0) is 49.1 Å². The van der Waals surface area contributed by atoms with E-state index in [1.54, 1.807) is 24.3 Å². The lowest BCUT2D eigenvalue weighted by Crippen LogP contribution is -2.33. The number of hydrogen-bond donors (Lipinski definition) is 1. The maximum Gasteiger partial charge on any atom is 0.253 e. The van der Waals surface area contributed by atoms with Gasteiger partial charge >= 0.3 is 0 Å². The Hall–Kier alpha value is -2.61. The molecule has 1 N–H and O–H groups in total. The number of fused-ring (bicyclic) bond motifs is 1. The molecule has 116 valence electrons. The largest absolute Gasteiger partial charge is 0.338 e. The van der Waals surface area contributed by atoms with E-state index in [0.717, 1.165) is 19.4 Å². The van der Waals surface area contributed by atoms with Gasteiger partial charge in [-0.25, -0.2) is 0 Å². The SMILES string of the molecule is N#Cc1ccc(C(=O)N2CCc3[nH]nc(C4CC4)c3CC2)cc1. The van der Waals surface area contributed by atoms with Crippen LogP contribution in [-0.4, -0.2) is 34.1 Å².